The maximum absolute atomic E-state index is 5.43. The van der Waals surface area contributed by atoms with Crippen molar-refractivity contribution in [2.75, 3.05) is 6.54 Å². The van der Waals surface area contributed by atoms with Crippen LogP contribution in [0.5, 0.6) is 0 Å². The van der Waals surface area contributed by atoms with Gasteiger partial charge in [0, 0.05) is 11.6 Å². The second kappa shape index (κ2) is 6.58. The van der Waals surface area contributed by atoms with Crippen LogP contribution in [0.25, 0.3) is 0 Å². The van der Waals surface area contributed by atoms with Crippen LogP contribution in [0, 0.1) is 6.92 Å². The van der Waals surface area contributed by atoms with E-state index >= 15 is 0 Å². The van der Waals surface area contributed by atoms with Gasteiger partial charge in [0.2, 0.25) is 0 Å². The number of aryl methyl sites for hydroxylation is 2. The standard InChI is InChI=1S/C17H23NO/c1-4-14-6-8-15(9-7-14)12-17(18-5-2)16-10-11-19-13(16)3/h6-11,17-18H,4-5,12H2,1-3H3. The number of furan rings is 1. The largest absolute Gasteiger partial charge is 0.469 e. The summed E-state index contributed by atoms with van der Waals surface area (Å²) in [7, 11) is 0. The Morgan fingerprint density at radius 2 is 1.74 bits per heavy atom. The lowest BCUT2D eigenvalue weighted by molar-refractivity contribution is 0.501. The van der Waals surface area contributed by atoms with Crippen LogP contribution < -0.4 is 5.32 Å². The first-order valence-corrected chi connectivity index (χ1v) is 7.09. The molecule has 1 N–H and O–H groups in total. The average Bonchev–Trinajstić information content (AvgIpc) is 2.85. The van der Waals surface area contributed by atoms with E-state index < -0.39 is 0 Å². The first-order chi connectivity index (χ1) is 9.24. The summed E-state index contributed by atoms with van der Waals surface area (Å²) < 4.78 is 5.43. The fourth-order valence-electron chi connectivity index (χ4n) is 2.44. The van der Waals surface area contributed by atoms with Crippen molar-refractivity contribution < 1.29 is 4.42 Å². The van der Waals surface area contributed by atoms with Crippen molar-refractivity contribution in [3.05, 3.63) is 59.0 Å². The Morgan fingerprint density at radius 3 is 2.26 bits per heavy atom. The van der Waals surface area contributed by atoms with E-state index in [0.29, 0.717) is 6.04 Å². The van der Waals surface area contributed by atoms with Gasteiger partial charge in [-0.15, -0.1) is 0 Å². The minimum Gasteiger partial charge on any atom is -0.469 e. The molecule has 0 saturated heterocycles. The smallest absolute Gasteiger partial charge is 0.105 e. The van der Waals surface area contributed by atoms with Gasteiger partial charge < -0.3 is 9.73 Å². The summed E-state index contributed by atoms with van der Waals surface area (Å²) in [6.45, 7) is 7.32. The molecule has 0 radical (unpaired) electrons. The van der Waals surface area contributed by atoms with Crippen LogP contribution in [0.15, 0.2) is 41.0 Å². The third kappa shape index (κ3) is 3.48. The Hall–Kier alpha value is -1.54. The lowest BCUT2D eigenvalue weighted by Gasteiger charge is -2.17. The van der Waals surface area contributed by atoms with E-state index in [2.05, 4.69) is 49.5 Å². The Labute approximate surface area is 115 Å². The zero-order valence-electron chi connectivity index (χ0n) is 12.1. The van der Waals surface area contributed by atoms with Crippen LogP contribution >= 0.6 is 0 Å². The van der Waals surface area contributed by atoms with E-state index in [0.717, 1.165) is 25.1 Å². The van der Waals surface area contributed by atoms with Crippen LogP contribution in [-0.2, 0) is 12.8 Å². The highest BCUT2D eigenvalue weighted by atomic mass is 16.3. The maximum Gasteiger partial charge on any atom is 0.105 e. The Kier molecular flexibility index (Phi) is 4.80. The van der Waals surface area contributed by atoms with Crippen LogP contribution in [-0.4, -0.2) is 6.54 Å². The Bertz CT molecular complexity index is 498. The van der Waals surface area contributed by atoms with Gasteiger partial charge in [0.1, 0.15) is 5.76 Å². The summed E-state index contributed by atoms with van der Waals surface area (Å²) in [4.78, 5) is 0. The molecule has 0 bridgehead atoms. The molecule has 0 aliphatic heterocycles. The molecule has 1 aromatic heterocycles. The summed E-state index contributed by atoms with van der Waals surface area (Å²) in [5.41, 5.74) is 4.02. The van der Waals surface area contributed by atoms with E-state index in [4.69, 9.17) is 4.42 Å². The first kappa shape index (κ1) is 13.9. The summed E-state index contributed by atoms with van der Waals surface area (Å²) in [5, 5.41) is 3.54. The molecule has 2 rings (SSSR count). The van der Waals surface area contributed by atoms with E-state index in [1.54, 1.807) is 6.26 Å². The summed E-state index contributed by atoms with van der Waals surface area (Å²) in [5.74, 6) is 1.01. The minimum absolute atomic E-state index is 0.330. The molecule has 0 fully saturated rings. The first-order valence-electron chi connectivity index (χ1n) is 7.09. The topological polar surface area (TPSA) is 25.2 Å². The molecular weight excluding hydrogens is 234 g/mol. The van der Waals surface area contributed by atoms with Crippen molar-refractivity contribution in [3.63, 3.8) is 0 Å². The van der Waals surface area contributed by atoms with E-state index in [9.17, 15) is 0 Å². The number of nitrogens with one attached hydrogen (secondary N) is 1. The van der Waals surface area contributed by atoms with Crippen molar-refractivity contribution in [3.8, 4) is 0 Å². The molecule has 1 unspecified atom stereocenters. The molecule has 2 heteroatoms. The molecule has 0 aliphatic carbocycles. The lowest BCUT2D eigenvalue weighted by atomic mass is 9.98. The van der Waals surface area contributed by atoms with Crippen LogP contribution in [0.2, 0.25) is 0 Å². The van der Waals surface area contributed by atoms with Gasteiger partial charge >= 0.3 is 0 Å². The van der Waals surface area contributed by atoms with Crippen molar-refractivity contribution in [1.82, 2.24) is 5.32 Å². The van der Waals surface area contributed by atoms with Crippen molar-refractivity contribution >= 4 is 0 Å². The summed E-state index contributed by atoms with van der Waals surface area (Å²) in [6, 6.07) is 11.3. The number of benzene rings is 1. The van der Waals surface area contributed by atoms with E-state index in [1.165, 1.54) is 16.7 Å². The normalized spacial score (nSPS) is 12.6. The predicted octanol–water partition coefficient (Wildman–Crippen LogP) is 4.04. The number of hydrogen-bond donors (Lipinski definition) is 1. The molecule has 0 spiro atoms. The quantitative estimate of drug-likeness (QED) is 0.844. The van der Waals surface area contributed by atoms with Gasteiger partial charge in [-0.3, -0.25) is 0 Å². The fraction of sp³-hybridized carbons (Fsp3) is 0.412. The van der Waals surface area contributed by atoms with Crippen LogP contribution in [0.1, 0.15) is 42.3 Å². The zero-order chi connectivity index (χ0) is 13.7. The second-order valence-electron chi connectivity index (χ2n) is 4.92. The third-order valence-electron chi connectivity index (χ3n) is 3.60. The molecule has 2 nitrogen and oxygen atoms in total. The Morgan fingerprint density at radius 1 is 1.05 bits per heavy atom. The SMILES string of the molecule is CCNC(Cc1ccc(CC)cc1)c1ccoc1C. The summed E-state index contributed by atoms with van der Waals surface area (Å²) >= 11 is 0. The maximum atomic E-state index is 5.43. The molecule has 1 aromatic carbocycles. The highest BCUT2D eigenvalue weighted by Crippen LogP contribution is 2.22. The molecule has 1 atom stereocenters. The Balaban J connectivity index is 2.14. The second-order valence-corrected chi connectivity index (χ2v) is 4.92. The van der Waals surface area contributed by atoms with Gasteiger partial charge in [-0.2, -0.15) is 0 Å². The van der Waals surface area contributed by atoms with Gasteiger partial charge in [0.25, 0.3) is 0 Å². The van der Waals surface area contributed by atoms with Crippen molar-refractivity contribution in [2.45, 2.75) is 39.7 Å². The monoisotopic (exact) mass is 257 g/mol. The van der Waals surface area contributed by atoms with Crippen LogP contribution in [0.3, 0.4) is 0 Å². The third-order valence-corrected chi connectivity index (χ3v) is 3.60. The molecule has 0 amide bonds. The van der Waals surface area contributed by atoms with Gasteiger partial charge in [-0.05, 0) is 43.5 Å². The highest BCUT2D eigenvalue weighted by molar-refractivity contribution is 5.27. The molecule has 0 aliphatic rings. The molecule has 0 saturated carbocycles. The molecule has 102 valence electrons. The van der Waals surface area contributed by atoms with E-state index in [1.807, 2.05) is 6.92 Å². The number of hydrogen-bond acceptors (Lipinski definition) is 2. The fourth-order valence-corrected chi connectivity index (χ4v) is 2.44. The zero-order valence-corrected chi connectivity index (χ0v) is 12.1. The van der Waals surface area contributed by atoms with Gasteiger partial charge in [-0.25, -0.2) is 0 Å². The number of rotatable bonds is 6. The minimum atomic E-state index is 0.330. The molecular formula is C17H23NO. The predicted molar refractivity (Wildman–Crippen MR) is 79.4 cm³/mol. The van der Waals surface area contributed by atoms with Crippen LogP contribution in [0.4, 0.5) is 0 Å². The van der Waals surface area contributed by atoms with Gasteiger partial charge in [-0.1, -0.05) is 38.1 Å². The highest BCUT2D eigenvalue weighted by Gasteiger charge is 2.15. The molecule has 19 heavy (non-hydrogen) atoms. The lowest BCUT2D eigenvalue weighted by Crippen LogP contribution is -2.23. The average molecular weight is 257 g/mol. The number of likely N-dealkylation sites (N-methyl/N-ethyl adjacent to an activating group) is 1. The van der Waals surface area contributed by atoms with Gasteiger partial charge in [0.15, 0.2) is 0 Å². The van der Waals surface area contributed by atoms with Crippen molar-refractivity contribution in [2.24, 2.45) is 0 Å². The van der Waals surface area contributed by atoms with E-state index in [-0.39, 0.29) is 0 Å². The molecule has 2 aromatic rings. The summed E-state index contributed by atoms with van der Waals surface area (Å²) in [6.07, 6.45) is 3.87. The van der Waals surface area contributed by atoms with Gasteiger partial charge in [0.05, 0.1) is 6.26 Å². The van der Waals surface area contributed by atoms with Crippen molar-refractivity contribution in [1.29, 1.82) is 0 Å². The molecule has 1 heterocycles.